The molecular formula is C15H22O3. The summed E-state index contributed by atoms with van der Waals surface area (Å²) in [6.45, 7) is 8.06. The predicted octanol–water partition coefficient (Wildman–Crippen LogP) is 3.25. The first-order valence-corrected chi connectivity index (χ1v) is 6.40. The van der Waals surface area contributed by atoms with Crippen LogP contribution in [0.25, 0.3) is 0 Å². The average molecular weight is 250 g/mol. The third-order valence-corrected chi connectivity index (χ3v) is 2.68. The minimum absolute atomic E-state index is 0.476. The molecule has 0 saturated carbocycles. The lowest BCUT2D eigenvalue weighted by atomic mass is 10.1. The fourth-order valence-electron chi connectivity index (χ4n) is 1.59. The second-order valence-electron chi connectivity index (χ2n) is 4.75. The monoisotopic (exact) mass is 250 g/mol. The van der Waals surface area contributed by atoms with Crippen molar-refractivity contribution in [2.75, 3.05) is 19.8 Å². The Morgan fingerprint density at radius 2 is 2.00 bits per heavy atom. The summed E-state index contributed by atoms with van der Waals surface area (Å²) in [5.74, 6) is 1.32. The van der Waals surface area contributed by atoms with Gasteiger partial charge >= 0.3 is 0 Å². The third-order valence-electron chi connectivity index (χ3n) is 2.68. The summed E-state index contributed by atoms with van der Waals surface area (Å²) in [6.07, 6.45) is 1.88. The van der Waals surface area contributed by atoms with Gasteiger partial charge in [-0.3, -0.25) is 4.79 Å². The summed E-state index contributed by atoms with van der Waals surface area (Å²) in [6, 6.07) is 5.54. The van der Waals surface area contributed by atoms with E-state index in [2.05, 4.69) is 13.8 Å². The molecule has 3 nitrogen and oxygen atoms in total. The molecule has 0 unspecified atom stereocenters. The highest BCUT2D eigenvalue weighted by Crippen LogP contribution is 2.21. The first kappa shape index (κ1) is 14.7. The van der Waals surface area contributed by atoms with Crippen LogP contribution in [0.3, 0.4) is 0 Å². The summed E-state index contributed by atoms with van der Waals surface area (Å²) in [4.78, 5) is 10.9. The van der Waals surface area contributed by atoms with E-state index in [1.165, 1.54) is 0 Å². The lowest BCUT2D eigenvalue weighted by Crippen LogP contribution is -2.10. The maximum Gasteiger partial charge on any atom is 0.153 e. The van der Waals surface area contributed by atoms with Gasteiger partial charge in [0.1, 0.15) is 12.4 Å². The second-order valence-corrected chi connectivity index (χ2v) is 4.75. The molecule has 0 amide bonds. The fraction of sp³-hybridized carbons (Fsp3) is 0.533. The van der Waals surface area contributed by atoms with Crippen molar-refractivity contribution < 1.29 is 14.3 Å². The van der Waals surface area contributed by atoms with Crippen LogP contribution < -0.4 is 4.74 Å². The Labute approximate surface area is 109 Å². The fourth-order valence-corrected chi connectivity index (χ4v) is 1.59. The maximum absolute atomic E-state index is 10.9. The molecule has 0 N–H and O–H groups in total. The molecule has 0 fully saturated rings. The van der Waals surface area contributed by atoms with Crippen molar-refractivity contribution in [3.8, 4) is 5.75 Å². The molecule has 0 atom stereocenters. The van der Waals surface area contributed by atoms with Gasteiger partial charge in [0.2, 0.25) is 0 Å². The smallest absolute Gasteiger partial charge is 0.153 e. The Balaban J connectivity index is 2.33. The quantitative estimate of drug-likeness (QED) is 0.525. The molecular weight excluding hydrogens is 228 g/mol. The van der Waals surface area contributed by atoms with Crippen molar-refractivity contribution >= 4 is 6.29 Å². The molecule has 0 radical (unpaired) electrons. The van der Waals surface area contributed by atoms with Crippen LogP contribution in [0, 0.1) is 12.8 Å². The van der Waals surface area contributed by atoms with Gasteiger partial charge in [-0.15, -0.1) is 0 Å². The second kappa shape index (κ2) is 7.88. The summed E-state index contributed by atoms with van der Waals surface area (Å²) in [7, 11) is 0. The Morgan fingerprint density at radius 3 is 2.67 bits per heavy atom. The Bertz CT molecular complexity index is 372. The van der Waals surface area contributed by atoms with Crippen LogP contribution in [-0.2, 0) is 4.74 Å². The molecule has 0 heterocycles. The molecule has 0 bridgehead atoms. The van der Waals surface area contributed by atoms with Crippen LogP contribution in [0.4, 0.5) is 0 Å². The molecule has 1 rings (SSSR count). The van der Waals surface area contributed by atoms with Gasteiger partial charge in [0, 0.05) is 6.61 Å². The molecule has 18 heavy (non-hydrogen) atoms. The number of benzene rings is 1. The molecule has 100 valence electrons. The van der Waals surface area contributed by atoms with Crippen molar-refractivity contribution in [1.29, 1.82) is 0 Å². The summed E-state index contributed by atoms with van der Waals surface area (Å²) >= 11 is 0. The van der Waals surface area contributed by atoms with Gasteiger partial charge < -0.3 is 9.47 Å². The normalized spacial score (nSPS) is 10.7. The number of para-hydroxylation sites is 1. The SMILES string of the molecule is Cc1cccc(C=O)c1OCCOCCC(C)C. The molecule has 1 aromatic rings. The first-order chi connectivity index (χ1) is 8.65. The zero-order valence-electron chi connectivity index (χ0n) is 11.4. The Kier molecular flexibility index (Phi) is 6.44. The molecule has 0 aliphatic heterocycles. The minimum Gasteiger partial charge on any atom is -0.490 e. The molecule has 0 aromatic heterocycles. The third kappa shape index (κ3) is 4.88. The van der Waals surface area contributed by atoms with Gasteiger partial charge in [0.15, 0.2) is 6.29 Å². The maximum atomic E-state index is 10.9. The molecule has 0 saturated heterocycles. The van der Waals surface area contributed by atoms with E-state index in [0.29, 0.717) is 30.4 Å². The van der Waals surface area contributed by atoms with Gasteiger partial charge in [-0.2, -0.15) is 0 Å². The van der Waals surface area contributed by atoms with Crippen LogP contribution in [0.15, 0.2) is 18.2 Å². The molecule has 3 heteroatoms. The van der Waals surface area contributed by atoms with Crippen molar-refractivity contribution in [2.45, 2.75) is 27.2 Å². The topological polar surface area (TPSA) is 35.5 Å². The molecule has 0 aliphatic rings. The van der Waals surface area contributed by atoms with Gasteiger partial charge in [0.05, 0.1) is 12.2 Å². The highest BCUT2D eigenvalue weighted by atomic mass is 16.5. The van der Waals surface area contributed by atoms with E-state index in [-0.39, 0.29) is 0 Å². The highest BCUT2D eigenvalue weighted by molar-refractivity contribution is 5.80. The van der Waals surface area contributed by atoms with Crippen LogP contribution in [0.2, 0.25) is 0 Å². The number of ether oxygens (including phenoxy) is 2. The summed E-state index contributed by atoms with van der Waals surface area (Å²) in [5, 5.41) is 0. The first-order valence-electron chi connectivity index (χ1n) is 6.40. The van der Waals surface area contributed by atoms with Gasteiger partial charge in [-0.05, 0) is 30.9 Å². The Hall–Kier alpha value is -1.35. The number of aryl methyl sites for hydroxylation is 1. The van der Waals surface area contributed by atoms with E-state index in [1.807, 2.05) is 19.1 Å². The van der Waals surface area contributed by atoms with E-state index in [9.17, 15) is 4.79 Å². The van der Waals surface area contributed by atoms with E-state index >= 15 is 0 Å². The van der Waals surface area contributed by atoms with Crippen LogP contribution in [0.5, 0.6) is 5.75 Å². The minimum atomic E-state index is 0.476. The van der Waals surface area contributed by atoms with Crippen LogP contribution >= 0.6 is 0 Å². The average Bonchev–Trinajstić information content (AvgIpc) is 2.34. The van der Waals surface area contributed by atoms with Crippen molar-refractivity contribution in [3.05, 3.63) is 29.3 Å². The molecule has 0 aliphatic carbocycles. The standard InChI is InChI=1S/C15H22O3/c1-12(2)7-8-17-9-10-18-15-13(3)5-4-6-14(15)11-16/h4-6,11-12H,7-10H2,1-3H3. The highest BCUT2D eigenvalue weighted by Gasteiger charge is 2.05. The zero-order chi connectivity index (χ0) is 13.4. The largest absolute Gasteiger partial charge is 0.490 e. The van der Waals surface area contributed by atoms with Crippen molar-refractivity contribution in [1.82, 2.24) is 0 Å². The zero-order valence-corrected chi connectivity index (χ0v) is 11.4. The predicted molar refractivity (Wildman–Crippen MR) is 72.3 cm³/mol. The lowest BCUT2D eigenvalue weighted by Gasteiger charge is -2.11. The van der Waals surface area contributed by atoms with E-state index in [4.69, 9.17) is 9.47 Å². The molecule has 1 aromatic carbocycles. The van der Waals surface area contributed by atoms with Gasteiger partial charge in [0.25, 0.3) is 0 Å². The van der Waals surface area contributed by atoms with Crippen molar-refractivity contribution in [3.63, 3.8) is 0 Å². The van der Waals surface area contributed by atoms with Gasteiger partial charge in [-0.1, -0.05) is 26.0 Å². The van der Waals surface area contributed by atoms with E-state index in [1.54, 1.807) is 6.07 Å². The number of carbonyl (C=O) groups excluding carboxylic acids is 1. The number of hydrogen-bond donors (Lipinski definition) is 0. The number of aldehydes is 1. The molecule has 0 spiro atoms. The van der Waals surface area contributed by atoms with Crippen molar-refractivity contribution in [2.24, 2.45) is 5.92 Å². The summed E-state index contributed by atoms with van der Waals surface area (Å²) in [5.41, 5.74) is 1.57. The van der Waals surface area contributed by atoms with E-state index in [0.717, 1.165) is 24.9 Å². The van der Waals surface area contributed by atoms with E-state index < -0.39 is 0 Å². The number of carbonyl (C=O) groups is 1. The number of hydrogen-bond acceptors (Lipinski definition) is 3. The van der Waals surface area contributed by atoms with Crippen LogP contribution in [0.1, 0.15) is 36.2 Å². The Morgan fingerprint density at radius 1 is 1.22 bits per heavy atom. The van der Waals surface area contributed by atoms with Crippen LogP contribution in [-0.4, -0.2) is 26.1 Å². The summed E-state index contributed by atoms with van der Waals surface area (Å²) < 4.78 is 11.1. The van der Waals surface area contributed by atoms with Gasteiger partial charge in [-0.25, -0.2) is 0 Å². The lowest BCUT2D eigenvalue weighted by molar-refractivity contribution is 0.0915. The number of rotatable bonds is 8.